The Kier molecular flexibility index (Phi) is 4.19. The van der Waals surface area contributed by atoms with Crippen molar-refractivity contribution in [3.8, 4) is 0 Å². The van der Waals surface area contributed by atoms with Crippen molar-refractivity contribution in [3.05, 3.63) is 58.9 Å². The van der Waals surface area contributed by atoms with Crippen LogP contribution in [0.3, 0.4) is 0 Å². The fraction of sp³-hybridized carbons (Fsp3) is 0.500. The number of piperidine rings is 3. The van der Waals surface area contributed by atoms with Gasteiger partial charge in [0.15, 0.2) is 0 Å². The van der Waals surface area contributed by atoms with E-state index >= 15 is 0 Å². The number of aryl methyl sites for hydroxylation is 2. The Morgan fingerprint density at radius 1 is 1.11 bits per heavy atom. The first kappa shape index (κ1) is 17.7. The summed E-state index contributed by atoms with van der Waals surface area (Å²) in [6.07, 6.45) is 3.95. The molecule has 1 amide bonds. The van der Waals surface area contributed by atoms with Crippen molar-refractivity contribution in [1.82, 2.24) is 19.8 Å². The van der Waals surface area contributed by atoms with Gasteiger partial charge in [0.1, 0.15) is 11.6 Å². The number of likely N-dealkylation sites (tertiary alicyclic amines) is 1. The molecule has 2 bridgehead atoms. The molecular weight excluding hydrogens is 355 g/mol. The lowest BCUT2D eigenvalue weighted by Gasteiger charge is -2.51. The van der Waals surface area contributed by atoms with Crippen molar-refractivity contribution in [3.63, 3.8) is 0 Å². The molecule has 146 valence electrons. The third-order valence-corrected chi connectivity index (χ3v) is 6.88. The fourth-order valence-electron chi connectivity index (χ4n) is 5.61. The number of halogens is 1. The van der Waals surface area contributed by atoms with Crippen LogP contribution in [0, 0.1) is 25.6 Å². The summed E-state index contributed by atoms with van der Waals surface area (Å²) in [6.45, 7) is 6.57. The molecule has 3 atom stereocenters. The molecule has 0 aliphatic carbocycles. The number of hydrogen-bond donors (Lipinski definition) is 0. The Balaban J connectivity index is 1.53. The van der Waals surface area contributed by atoms with Crippen molar-refractivity contribution in [2.45, 2.75) is 44.7 Å². The van der Waals surface area contributed by atoms with Crippen LogP contribution in [0.25, 0.3) is 0 Å². The van der Waals surface area contributed by atoms with Crippen LogP contribution in [-0.2, 0) is 0 Å². The number of aromatic nitrogens is 2. The van der Waals surface area contributed by atoms with Gasteiger partial charge >= 0.3 is 0 Å². The third-order valence-electron chi connectivity index (χ3n) is 6.88. The van der Waals surface area contributed by atoms with Gasteiger partial charge in [-0.05, 0) is 63.4 Å². The molecule has 4 aliphatic heterocycles. The topological polar surface area (TPSA) is 49.3 Å². The highest BCUT2D eigenvalue weighted by Gasteiger charge is 2.54. The minimum atomic E-state index is -0.218. The lowest BCUT2D eigenvalue weighted by molar-refractivity contribution is -0.00346. The van der Waals surface area contributed by atoms with Gasteiger partial charge in [0, 0.05) is 24.7 Å². The first-order valence-corrected chi connectivity index (χ1v) is 10.1. The Bertz CT molecular complexity index is 907. The van der Waals surface area contributed by atoms with Crippen LogP contribution in [0.15, 0.2) is 30.5 Å². The number of amides is 1. The van der Waals surface area contributed by atoms with E-state index in [2.05, 4.69) is 19.8 Å². The van der Waals surface area contributed by atoms with Gasteiger partial charge in [0.05, 0.1) is 17.3 Å². The predicted molar refractivity (Wildman–Crippen MR) is 104 cm³/mol. The summed E-state index contributed by atoms with van der Waals surface area (Å²) in [7, 11) is 0. The number of benzene rings is 1. The normalized spacial score (nSPS) is 31.1. The van der Waals surface area contributed by atoms with Crippen LogP contribution in [0.1, 0.15) is 46.2 Å². The van der Waals surface area contributed by atoms with Crippen LogP contribution in [0.5, 0.6) is 0 Å². The van der Waals surface area contributed by atoms with E-state index in [0.717, 1.165) is 37.2 Å². The Morgan fingerprint density at radius 2 is 1.82 bits per heavy atom. The molecule has 4 aliphatic rings. The zero-order valence-corrected chi connectivity index (χ0v) is 16.3. The zero-order valence-electron chi connectivity index (χ0n) is 16.3. The second-order valence-electron chi connectivity index (χ2n) is 8.39. The number of rotatable bonds is 2. The van der Waals surface area contributed by atoms with Gasteiger partial charge in [-0.1, -0.05) is 12.1 Å². The van der Waals surface area contributed by atoms with E-state index in [1.807, 2.05) is 26.0 Å². The number of hydrogen-bond acceptors (Lipinski definition) is 4. The Labute approximate surface area is 164 Å². The van der Waals surface area contributed by atoms with E-state index in [1.165, 1.54) is 12.1 Å². The molecule has 5 heterocycles. The Hall–Kier alpha value is -2.34. The SMILES string of the molecule is Cc1ncc(C(=O)N2C[C@H](c3ccc(F)cc3)[C@H]3[C@@H]2C2CCN3CC2)c(C)n1. The second kappa shape index (κ2) is 6.62. The smallest absolute Gasteiger partial charge is 0.257 e. The van der Waals surface area contributed by atoms with Crippen molar-refractivity contribution in [1.29, 1.82) is 0 Å². The summed E-state index contributed by atoms with van der Waals surface area (Å²) in [4.78, 5) is 26.8. The number of carbonyl (C=O) groups is 1. The van der Waals surface area contributed by atoms with Crippen molar-refractivity contribution >= 4 is 5.91 Å². The largest absolute Gasteiger partial charge is 0.333 e. The maximum atomic E-state index is 13.5. The quantitative estimate of drug-likeness (QED) is 0.804. The molecule has 0 spiro atoms. The Morgan fingerprint density at radius 3 is 2.50 bits per heavy atom. The molecule has 6 heteroatoms. The minimum absolute atomic E-state index is 0.0332. The molecule has 0 unspecified atom stereocenters. The molecule has 0 radical (unpaired) electrons. The van der Waals surface area contributed by atoms with Crippen molar-refractivity contribution in [2.75, 3.05) is 19.6 Å². The first-order chi connectivity index (χ1) is 13.5. The summed E-state index contributed by atoms with van der Waals surface area (Å²) in [6, 6.07) is 7.36. The van der Waals surface area contributed by atoms with E-state index in [1.54, 1.807) is 6.20 Å². The summed E-state index contributed by atoms with van der Waals surface area (Å²) in [5.74, 6) is 1.25. The fourth-order valence-corrected chi connectivity index (χ4v) is 5.61. The average Bonchev–Trinajstić information content (AvgIpc) is 3.12. The van der Waals surface area contributed by atoms with Crippen molar-refractivity contribution in [2.24, 2.45) is 5.92 Å². The van der Waals surface area contributed by atoms with Gasteiger partial charge in [-0.2, -0.15) is 0 Å². The van der Waals surface area contributed by atoms with Gasteiger partial charge in [-0.3, -0.25) is 9.69 Å². The van der Waals surface area contributed by atoms with Crippen LogP contribution in [0.2, 0.25) is 0 Å². The van der Waals surface area contributed by atoms with Gasteiger partial charge in [-0.25, -0.2) is 14.4 Å². The molecule has 1 aromatic carbocycles. The highest BCUT2D eigenvalue weighted by atomic mass is 19.1. The minimum Gasteiger partial charge on any atom is -0.333 e. The molecule has 28 heavy (non-hydrogen) atoms. The molecule has 1 aromatic heterocycles. The van der Waals surface area contributed by atoms with Crippen LogP contribution < -0.4 is 0 Å². The number of carbonyl (C=O) groups excluding carboxylic acids is 1. The average molecular weight is 380 g/mol. The molecule has 0 saturated carbocycles. The van der Waals surface area contributed by atoms with Crippen LogP contribution >= 0.6 is 0 Å². The van der Waals surface area contributed by atoms with Gasteiger partial charge < -0.3 is 4.90 Å². The molecule has 4 fully saturated rings. The van der Waals surface area contributed by atoms with E-state index < -0.39 is 0 Å². The van der Waals surface area contributed by atoms with Gasteiger partial charge in [0.2, 0.25) is 0 Å². The first-order valence-electron chi connectivity index (χ1n) is 10.1. The summed E-state index contributed by atoms with van der Waals surface area (Å²) in [5, 5.41) is 0. The molecule has 2 aromatic rings. The third kappa shape index (κ3) is 2.73. The highest BCUT2D eigenvalue weighted by Crippen LogP contribution is 2.47. The number of fused-ring (bicyclic) bond motifs is 2. The lowest BCUT2D eigenvalue weighted by Crippen LogP contribution is -2.60. The lowest BCUT2D eigenvalue weighted by atomic mass is 9.75. The summed E-state index contributed by atoms with van der Waals surface area (Å²) >= 11 is 0. The molecule has 6 rings (SSSR count). The summed E-state index contributed by atoms with van der Waals surface area (Å²) in [5.41, 5.74) is 2.46. The predicted octanol–water partition coefficient (Wildman–Crippen LogP) is 2.93. The second-order valence-corrected chi connectivity index (χ2v) is 8.39. The maximum absolute atomic E-state index is 13.5. The number of nitrogens with zero attached hydrogens (tertiary/aromatic N) is 4. The van der Waals surface area contributed by atoms with E-state index in [9.17, 15) is 9.18 Å². The molecule has 4 saturated heterocycles. The van der Waals surface area contributed by atoms with Crippen molar-refractivity contribution < 1.29 is 9.18 Å². The summed E-state index contributed by atoms with van der Waals surface area (Å²) < 4.78 is 13.5. The van der Waals surface area contributed by atoms with E-state index in [-0.39, 0.29) is 23.7 Å². The van der Waals surface area contributed by atoms with Gasteiger partial charge in [-0.15, -0.1) is 0 Å². The standard InChI is InChI=1S/C22H25FN4O/c1-13-18(11-24-14(2)25-13)22(28)27-12-19(15-3-5-17(23)6-4-15)21-20(27)16-7-9-26(21)10-8-16/h3-6,11,16,19-21H,7-10,12H2,1-2H3/t19-,20+,21+/m1/s1. The van der Waals surface area contributed by atoms with E-state index in [4.69, 9.17) is 0 Å². The highest BCUT2D eigenvalue weighted by molar-refractivity contribution is 5.95. The van der Waals surface area contributed by atoms with Gasteiger partial charge in [0.25, 0.3) is 5.91 Å². The van der Waals surface area contributed by atoms with Crippen LogP contribution in [-0.4, -0.2) is 57.4 Å². The zero-order chi connectivity index (χ0) is 19.4. The molecule has 0 N–H and O–H groups in total. The maximum Gasteiger partial charge on any atom is 0.257 e. The van der Waals surface area contributed by atoms with Crippen LogP contribution in [0.4, 0.5) is 4.39 Å². The van der Waals surface area contributed by atoms with E-state index in [0.29, 0.717) is 29.9 Å². The monoisotopic (exact) mass is 380 g/mol. The molecule has 5 nitrogen and oxygen atoms in total. The molecular formula is C22H25FN4O.